The maximum atomic E-state index is 2.40. The zero-order valence-corrected chi connectivity index (χ0v) is 21.3. The fourth-order valence-electron chi connectivity index (χ4n) is 4.97. The maximum absolute atomic E-state index is 2.40. The van der Waals surface area contributed by atoms with Crippen LogP contribution in [0.2, 0.25) is 0 Å². The molecule has 0 amide bonds. The van der Waals surface area contributed by atoms with Gasteiger partial charge in [-0.15, -0.1) is 0 Å². The average Bonchev–Trinajstić information content (AvgIpc) is 3.43. The molecule has 0 aliphatic carbocycles. The minimum absolute atomic E-state index is 1.17. The number of fused-ring (bicyclic) bond motifs is 1. The Balaban J connectivity index is 1.70. The molecule has 0 unspecified atom stereocenters. The molecule has 0 spiro atoms. The van der Waals surface area contributed by atoms with E-state index in [1.165, 1.54) is 67.2 Å². The van der Waals surface area contributed by atoms with E-state index in [4.69, 9.17) is 0 Å². The first-order valence-corrected chi connectivity index (χ1v) is 12.5. The van der Waals surface area contributed by atoms with Crippen LogP contribution in [0.25, 0.3) is 44.9 Å². The van der Waals surface area contributed by atoms with Crippen LogP contribution < -0.4 is 0 Å². The third-order valence-electron chi connectivity index (χ3n) is 7.05. The van der Waals surface area contributed by atoms with Gasteiger partial charge in [-0.05, 0) is 75.2 Å². The van der Waals surface area contributed by atoms with Gasteiger partial charge in [0.1, 0.15) is 0 Å². The molecule has 0 atom stereocenters. The number of nitrogens with zero attached hydrogens (tertiary/aromatic N) is 2. The summed E-state index contributed by atoms with van der Waals surface area (Å²) in [6, 6.07) is 40.0. The molecule has 2 aromatic heterocycles. The van der Waals surface area contributed by atoms with Crippen molar-refractivity contribution in [2.75, 3.05) is 0 Å². The molecule has 0 saturated heterocycles. The third kappa shape index (κ3) is 3.85. The van der Waals surface area contributed by atoms with Crippen LogP contribution in [0.3, 0.4) is 0 Å². The first-order valence-electron chi connectivity index (χ1n) is 12.5. The van der Waals surface area contributed by atoms with E-state index in [1.807, 2.05) is 0 Å². The molecule has 176 valence electrons. The van der Waals surface area contributed by atoms with Crippen molar-refractivity contribution in [3.8, 4) is 33.9 Å². The largest absolute Gasteiger partial charge is 0.308 e. The third-order valence-corrected chi connectivity index (χ3v) is 7.05. The second kappa shape index (κ2) is 8.73. The highest BCUT2D eigenvalue weighted by Crippen LogP contribution is 2.38. The van der Waals surface area contributed by atoms with Crippen LogP contribution in [0.5, 0.6) is 0 Å². The molecule has 36 heavy (non-hydrogen) atoms. The number of rotatable bonds is 4. The van der Waals surface area contributed by atoms with Crippen LogP contribution in [0, 0.1) is 27.7 Å². The van der Waals surface area contributed by atoms with E-state index in [1.54, 1.807) is 0 Å². The van der Waals surface area contributed by atoms with Gasteiger partial charge in [-0.2, -0.15) is 0 Å². The summed E-state index contributed by atoms with van der Waals surface area (Å²) >= 11 is 0. The molecule has 4 aromatic carbocycles. The number of benzene rings is 4. The molecule has 0 radical (unpaired) electrons. The standard InChI is InChI=1S/C34H30N2/c1-23-5-13-27(14-6-23)31-21-33-34(35(31)29-17-9-25(3)10-18-29)22-32(28-15-7-24(2)8-16-28)36(33)30-19-11-26(4)12-20-30/h5-22H,1-4H3. The summed E-state index contributed by atoms with van der Waals surface area (Å²) in [5.41, 5.74) is 14.6. The number of hydrogen-bond donors (Lipinski definition) is 0. The topological polar surface area (TPSA) is 9.86 Å². The molecule has 2 nitrogen and oxygen atoms in total. The summed E-state index contributed by atoms with van der Waals surface area (Å²) in [6.07, 6.45) is 0. The monoisotopic (exact) mass is 466 g/mol. The van der Waals surface area contributed by atoms with E-state index in [-0.39, 0.29) is 0 Å². The molecular weight excluding hydrogens is 436 g/mol. The lowest BCUT2D eigenvalue weighted by Gasteiger charge is -2.12. The first kappa shape index (κ1) is 22.2. The molecule has 6 aromatic rings. The van der Waals surface area contributed by atoms with Gasteiger partial charge in [0.25, 0.3) is 0 Å². The summed E-state index contributed by atoms with van der Waals surface area (Å²) in [5, 5.41) is 0. The Bertz CT molecular complexity index is 1530. The van der Waals surface area contributed by atoms with Gasteiger partial charge in [-0.1, -0.05) is 95.1 Å². The molecule has 2 heterocycles. The van der Waals surface area contributed by atoms with E-state index >= 15 is 0 Å². The van der Waals surface area contributed by atoms with Gasteiger partial charge in [0.15, 0.2) is 0 Å². The zero-order chi connectivity index (χ0) is 24.8. The molecule has 0 bridgehead atoms. The second-order valence-electron chi connectivity index (χ2n) is 9.90. The van der Waals surface area contributed by atoms with Crippen LogP contribution >= 0.6 is 0 Å². The Labute approximate surface area is 213 Å². The van der Waals surface area contributed by atoms with Crippen LogP contribution in [0.15, 0.2) is 109 Å². The van der Waals surface area contributed by atoms with Crippen molar-refractivity contribution >= 4 is 11.0 Å². The van der Waals surface area contributed by atoms with Crippen molar-refractivity contribution in [2.24, 2.45) is 0 Å². The highest BCUT2D eigenvalue weighted by Gasteiger charge is 2.20. The molecule has 0 fully saturated rings. The fraction of sp³-hybridized carbons (Fsp3) is 0.118. The van der Waals surface area contributed by atoms with Gasteiger partial charge in [0.05, 0.1) is 22.4 Å². The molecule has 0 aliphatic rings. The van der Waals surface area contributed by atoms with E-state index < -0.39 is 0 Å². The van der Waals surface area contributed by atoms with E-state index in [0.717, 1.165) is 0 Å². The molecule has 0 aliphatic heterocycles. The summed E-state index contributed by atoms with van der Waals surface area (Å²) in [4.78, 5) is 0. The van der Waals surface area contributed by atoms with Crippen molar-refractivity contribution < 1.29 is 0 Å². The SMILES string of the molecule is Cc1ccc(-c2cc3c(cc(-c4ccc(C)cc4)n3-c3ccc(C)cc3)n2-c2ccc(C)cc2)cc1. The summed E-state index contributed by atoms with van der Waals surface area (Å²) < 4.78 is 4.81. The van der Waals surface area contributed by atoms with Crippen LogP contribution in [0.1, 0.15) is 22.3 Å². The van der Waals surface area contributed by atoms with Crippen molar-refractivity contribution in [3.63, 3.8) is 0 Å². The van der Waals surface area contributed by atoms with Crippen molar-refractivity contribution in [1.82, 2.24) is 9.13 Å². The Morgan fingerprint density at radius 2 is 0.639 bits per heavy atom. The lowest BCUT2D eigenvalue weighted by atomic mass is 10.1. The normalized spacial score (nSPS) is 11.3. The lowest BCUT2D eigenvalue weighted by molar-refractivity contribution is 1.13. The van der Waals surface area contributed by atoms with Crippen LogP contribution in [0.4, 0.5) is 0 Å². The average molecular weight is 467 g/mol. The minimum atomic E-state index is 1.17. The quantitative estimate of drug-likeness (QED) is 0.245. The Hall–Kier alpha value is -4.30. The van der Waals surface area contributed by atoms with E-state index in [9.17, 15) is 0 Å². The Morgan fingerprint density at radius 3 is 0.944 bits per heavy atom. The van der Waals surface area contributed by atoms with Crippen molar-refractivity contribution in [1.29, 1.82) is 0 Å². The lowest BCUT2D eigenvalue weighted by Crippen LogP contribution is -1.97. The van der Waals surface area contributed by atoms with Crippen molar-refractivity contribution in [3.05, 3.63) is 131 Å². The molecule has 0 N–H and O–H groups in total. The smallest absolute Gasteiger partial charge is 0.0724 e. The van der Waals surface area contributed by atoms with Crippen molar-refractivity contribution in [2.45, 2.75) is 27.7 Å². The second-order valence-corrected chi connectivity index (χ2v) is 9.90. The summed E-state index contributed by atoms with van der Waals surface area (Å²) in [7, 11) is 0. The van der Waals surface area contributed by atoms with Gasteiger partial charge < -0.3 is 9.13 Å². The Kier molecular flexibility index (Phi) is 5.38. The van der Waals surface area contributed by atoms with Gasteiger partial charge in [0.2, 0.25) is 0 Å². The predicted octanol–water partition coefficient (Wildman–Crippen LogP) is 8.99. The number of hydrogen-bond acceptors (Lipinski definition) is 0. The van der Waals surface area contributed by atoms with Gasteiger partial charge >= 0.3 is 0 Å². The number of aryl methyl sites for hydroxylation is 4. The van der Waals surface area contributed by atoms with E-state index in [2.05, 4.69) is 146 Å². The highest BCUT2D eigenvalue weighted by atomic mass is 15.1. The molecule has 6 rings (SSSR count). The van der Waals surface area contributed by atoms with Gasteiger partial charge in [0, 0.05) is 11.4 Å². The summed E-state index contributed by atoms with van der Waals surface area (Å²) in [6.45, 7) is 8.55. The highest BCUT2D eigenvalue weighted by molar-refractivity contribution is 5.93. The molecular formula is C34H30N2. The van der Waals surface area contributed by atoms with E-state index in [0.29, 0.717) is 0 Å². The fourth-order valence-corrected chi connectivity index (χ4v) is 4.97. The molecule has 2 heteroatoms. The zero-order valence-electron chi connectivity index (χ0n) is 21.3. The van der Waals surface area contributed by atoms with Crippen LogP contribution in [-0.2, 0) is 0 Å². The number of aromatic nitrogens is 2. The van der Waals surface area contributed by atoms with Crippen LogP contribution in [-0.4, -0.2) is 9.13 Å². The first-order chi connectivity index (χ1) is 17.5. The Morgan fingerprint density at radius 1 is 0.361 bits per heavy atom. The van der Waals surface area contributed by atoms with Gasteiger partial charge in [-0.3, -0.25) is 0 Å². The predicted molar refractivity (Wildman–Crippen MR) is 152 cm³/mol. The molecule has 0 saturated carbocycles. The van der Waals surface area contributed by atoms with Gasteiger partial charge in [-0.25, -0.2) is 0 Å². The maximum Gasteiger partial charge on any atom is 0.0724 e. The minimum Gasteiger partial charge on any atom is -0.308 e. The summed E-state index contributed by atoms with van der Waals surface area (Å²) in [5.74, 6) is 0.